The Balaban J connectivity index is 2.27. The van der Waals surface area contributed by atoms with Crippen LogP contribution in [0, 0.1) is 3.57 Å². The van der Waals surface area contributed by atoms with E-state index < -0.39 is 0 Å². The Kier molecular flexibility index (Phi) is 7.01. The molecule has 7 heteroatoms. The van der Waals surface area contributed by atoms with Gasteiger partial charge in [0.05, 0.1) is 28.0 Å². The van der Waals surface area contributed by atoms with Gasteiger partial charge in [-0.2, -0.15) is 0 Å². The van der Waals surface area contributed by atoms with Gasteiger partial charge in [0.2, 0.25) is 0 Å². The van der Waals surface area contributed by atoms with E-state index in [2.05, 4.69) is 27.9 Å². The summed E-state index contributed by atoms with van der Waals surface area (Å²) in [7, 11) is 1.54. The molecule has 0 saturated heterocycles. The summed E-state index contributed by atoms with van der Waals surface area (Å²) in [5.74, 6) is 0.862. The number of anilines is 1. The second-order valence-electron chi connectivity index (χ2n) is 4.92. The Morgan fingerprint density at radius 3 is 2.62 bits per heavy atom. The van der Waals surface area contributed by atoms with Crippen molar-refractivity contribution in [1.29, 1.82) is 0 Å². The first kappa shape index (κ1) is 19.1. The SMILES string of the molecule is CCCOc1c(I)cc(C(=O)Nc2ccc(Cl)cc2Cl)cc1OC. The molecule has 0 aliphatic rings. The first-order chi connectivity index (χ1) is 11.5. The second kappa shape index (κ2) is 8.78. The zero-order valence-electron chi connectivity index (χ0n) is 13.2. The Labute approximate surface area is 164 Å². The predicted molar refractivity (Wildman–Crippen MR) is 106 cm³/mol. The average molecular weight is 480 g/mol. The third-order valence-corrected chi connectivity index (χ3v) is 4.47. The van der Waals surface area contributed by atoms with Crippen molar-refractivity contribution in [2.75, 3.05) is 19.0 Å². The molecule has 0 unspecified atom stereocenters. The zero-order chi connectivity index (χ0) is 17.7. The highest BCUT2D eigenvalue weighted by Crippen LogP contribution is 2.34. The van der Waals surface area contributed by atoms with Gasteiger partial charge in [0.25, 0.3) is 5.91 Å². The molecular weight excluding hydrogens is 464 g/mol. The number of hydrogen-bond acceptors (Lipinski definition) is 3. The lowest BCUT2D eigenvalue weighted by Crippen LogP contribution is -2.13. The molecule has 24 heavy (non-hydrogen) atoms. The molecule has 0 radical (unpaired) electrons. The fourth-order valence-corrected chi connectivity index (χ4v) is 3.19. The van der Waals surface area contributed by atoms with E-state index in [0.29, 0.717) is 39.4 Å². The third kappa shape index (κ3) is 4.68. The highest BCUT2D eigenvalue weighted by Gasteiger charge is 2.16. The van der Waals surface area contributed by atoms with Crippen molar-refractivity contribution >= 4 is 57.4 Å². The second-order valence-corrected chi connectivity index (χ2v) is 6.92. The number of methoxy groups -OCH3 is 1. The maximum atomic E-state index is 12.5. The van der Waals surface area contributed by atoms with E-state index in [4.69, 9.17) is 32.7 Å². The Bertz CT molecular complexity index is 753. The van der Waals surface area contributed by atoms with Crippen LogP contribution in [0.5, 0.6) is 11.5 Å². The van der Waals surface area contributed by atoms with E-state index in [1.807, 2.05) is 6.92 Å². The summed E-state index contributed by atoms with van der Waals surface area (Å²) in [6.45, 7) is 2.61. The lowest BCUT2D eigenvalue weighted by atomic mass is 10.1. The number of carbonyl (C=O) groups is 1. The quantitative estimate of drug-likeness (QED) is 0.544. The molecule has 0 fully saturated rings. The number of benzene rings is 2. The molecule has 4 nitrogen and oxygen atoms in total. The number of amides is 1. The van der Waals surface area contributed by atoms with Crippen molar-refractivity contribution in [1.82, 2.24) is 0 Å². The molecule has 2 rings (SSSR count). The van der Waals surface area contributed by atoms with Crippen LogP contribution in [0.25, 0.3) is 0 Å². The van der Waals surface area contributed by atoms with Gasteiger partial charge in [-0.3, -0.25) is 4.79 Å². The zero-order valence-corrected chi connectivity index (χ0v) is 16.8. The number of halogens is 3. The molecule has 0 heterocycles. The fourth-order valence-electron chi connectivity index (χ4n) is 1.98. The van der Waals surface area contributed by atoms with Crippen LogP contribution in [-0.2, 0) is 0 Å². The Hall–Kier alpha value is -1.18. The molecule has 1 amide bonds. The van der Waals surface area contributed by atoms with Crippen molar-refractivity contribution in [2.45, 2.75) is 13.3 Å². The highest BCUT2D eigenvalue weighted by atomic mass is 127. The van der Waals surface area contributed by atoms with Crippen LogP contribution in [0.15, 0.2) is 30.3 Å². The van der Waals surface area contributed by atoms with E-state index in [0.717, 1.165) is 9.99 Å². The first-order valence-corrected chi connectivity index (χ1v) is 9.06. The molecule has 2 aromatic rings. The molecule has 0 spiro atoms. The lowest BCUT2D eigenvalue weighted by molar-refractivity contribution is 0.102. The maximum Gasteiger partial charge on any atom is 0.255 e. The Morgan fingerprint density at radius 1 is 1.25 bits per heavy atom. The molecule has 1 N–H and O–H groups in total. The monoisotopic (exact) mass is 479 g/mol. The van der Waals surface area contributed by atoms with Gasteiger partial charge in [-0.05, 0) is 59.3 Å². The van der Waals surface area contributed by atoms with Gasteiger partial charge in [-0.15, -0.1) is 0 Å². The van der Waals surface area contributed by atoms with Gasteiger partial charge >= 0.3 is 0 Å². The molecule has 0 atom stereocenters. The van der Waals surface area contributed by atoms with Gasteiger partial charge in [-0.1, -0.05) is 30.1 Å². The predicted octanol–water partition coefficient (Wildman–Crippen LogP) is 5.65. The molecule has 0 aliphatic carbocycles. The largest absolute Gasteiger partial charge is 0.493 e. The van der Waals surface area contributed by atoms with Crippen molar-refractivity contribution in [2.24, 2.45) is 0 Å². The summed E-state index contributed by atoms with van der Waals surface area (Å²) in [5, 5.41) is 3.65. The fraction of sp³-hybridized carbons (Fsp3) is 0.235. The topological polar surface area (TPSA) is 47.6 Å². The van der Waals surface area contributed by atoms with E-state index in [1.54, 1.807) is 37.4 Å². The van der Waals surface area contributed by atoms with Crippen LogP contribution >= 0.6 is 45.8 Å². The first-order valence-electron chi connectivity index (χ1n) is 7.23. The minimum atomic E-state index is -0.294. The van der Waals surface area contributed by atoms with Crippen molar-refractivity contribution in [3.8, 4) is 11.5 Å². The molecular formula is C17H16Cl2INO3. The lowest BCUT2D eigenvalue weighted by Gasteiger charge is -2.14. The van der Waals surface area contributed by atoms with Crippen LogP contribution in [0.1, 0.15) is 23.7 Å². The van der Waals surface area contributed by atoms with Gasteiger partial charge in [0.1, 0.15) is 0 Å². The third-order valence-electron chi connectivity index (χ3n) is 3.12. The van der Waals surface area contributed by atoms with E-state index in [1.165, 1.54) is 0 Å². The van der Waals surface area contributed by atoms with Gasteiger partial charge < -0.3 is 14.8 Å². The van der Waals surface area contributed by atoms with Gasteiger partial charge in [-0.25, -0.2) is 0 Å². The number of carbonyl (C=O) groups excluding carboxylic acids is 1. The molecule has 0 aliphatic heterocycles. The maximum absolute atomic E-state index is 12.5. The summed E-state index contributed by atoms with van der Waals surface area (Å²) in [5.41, 5.74) is 0.942. The number of rotatable bonds is 6. The van der Waals surface area contributed by atoms with Crippen LogP contribution in [0.3, 0.4) is 0 Å². The molecule has 128 valence electrons. The van der Waals surface area contributed by atoms with Crippen molar-refractivity contribution in [3.63, 3.8) is 0 Å². The number of ether oxygens (including phenoxy) is 2. The van der Waals surface area contributed by atoms with Crippen LogP contribution in [0.4, 0.5) is 5.69 Å². The highest BCUT2D eigenvalue weighted by molar-refractivity contribution is 14.1. The van der Waals surface area contributed by atoms with Crippen LogP contribution in [0.2, 0.25) is 10.0 Å². The van der Waals surface area contributed by atoms with Crippen molar-refractivity contribution < 1.29 is 14.3 Å². The minimum absolute atomic E-state index is 0.294. The summed E-state index contributed by atoms with van der Waals surface area (Å²) in [6, 6.07) is 8.28. The standard InChI is InChI=1S/C17H16Cl2INO3/c1-3-6-24-16-13(20)7-10(8-15(16)23-2)17(22)21-14-5-4-11(18)9-12(14)19/h4-5,7-9H,3,6H2,1-2H3,(H,21,22). The van der Waals surface area contributed by atoms with E-state index in [-0.39, 0.29) is 5.91 Å². The normalized spacial score (nSPS) is 10.4. The summed E-state index contributed by atoms with van der Waals surface area (Å²) in [4.78, 5) is 12.5. The average Bonchev–Trinajstić information content (AvgIpc) is 2.55. The molecule has 0 saturated carbocycles. The number of nitrogens with one attached hydrogen (secondary N) is 1. The smallest absolute Gasteiger partial charge is 0.255 e. The van der Waals surface area contributed by atoms with Crippen molar-refractivity contribution in [3.05, 3.63) is 49.5 Å². The minimum Gasteiger partial charge on any atom is -0.493 e. The summed E-state index contributed by atoms with van der Waals surface area (Å²) < 4.78 is 11.8. The summed E-state index contributed by atoms with van der Waals surface area (Å²) in [6.07, 6.45) is 0.885. The molecule has 2 aromatic carbocycles. The van der Waals surface area contributed by atoms with Crippen LogP contribution < -0.4 is 14.8 Å². The van der Waals surface area contributed by atoms with Crippen LogP contribution in [-0.4, -0.2) is 19.6 Å². The van der Waals surface area contributed by atoms with Gasteiger partial charge in [0.15, 0.2) is 11.5 Å². The molecule has 0 aromatic heterocycles. The van der Waals surface area contributed by atoms with E-state index >= 15 is 0 Å². The summed E-state index contributed by atoms with van der Waals surface area (Å²) >= 11 is 14.1. The Morgan fingerprint density at radius 2 is 2.00 bits per heavy atom. The van der Waals surface area contributed by atoms with E-state index in [9.17, 15) is 4.79 Å². The van der Waals surface area contributed by atoms with Gasteiger partial charge in [0, 0.05) is 10.6 Å². The number of hydrogen-bond donors (Lipinski definition) is 1. The molecule has 0 bridgehead atoms.